The molecule has 1 amide bonds. The van der Waals surface area contributed by atoms with Gasteiger partial charge in [0.1, 0.15) is 5.75 Å². The molecule has 4 nitrogen and oxygen atoms in total. The van der Waals surface area contributed by atoms with Gasteiger partial charge >= 0.3 is 0 Å². The first-order valence-electron chi connectivity index (χ1n) is 6.99. The average Bonchev–Trinajstić information content (AvgIpc) is 2.90. The third-order valence-electron chi connectivity index (χ3n) is 2.82. The lowest BCUT2D eigenvalue weighted by atomic mass is 10.3. The van der Waals surface area contributed by atoms with Crippen molar-refractivity contribution in [2.24, 2.45) is 0 Å². The number of amides is 1. The zero-order valence-electron chi connectivity index (χ0n) is 12.3. The van der Waals surface area contributed by atoms with Gasteiger partial charge in [-0.25, -0.2) is 0 Å². The summed E-state index contributed by atoms with van der Waals surface area (Å²) in [6.45, 7) is 5.00. The van der Waals surface area contributed by atoms with E-state index >= 15 is 0 Å². The van der Waals surface area contributed by atoms with E-state index in [2.05, 4.69) is 17.6 Å². The molecule has 1 heterocycles. The van der Waals surface area contributed by atoms with Crippen molar-refractivity contribution >= 4 is 28.6 Å². The Labute approximate surface area is 129 Å². The molecule has 2 aromatic rings. The van der Waals surface area contributed by atoms with Crippen LogP contribution >= 0.6 is 11.3 Å². The molecule has 112 valence electrons. The minimum atomic E-state index is -0.0513. The van der Waals surface area contributed by atoms with Crippen LogP contribution in [0.1, 0.15) is 25.1 Å². The van der Waals surface area contributed by atoms with Gasteiger partial charge in [-0.15, -0.1) is 11.3 Å². The van der Waals surface area contributed by atoms with Crippen LogP contribution < -0.4 is 15.4 Å². The lowest BCUT2D eigenvalue weighted by molar-refractivity contribution is -0.114. The molecule has 0 fully saturated rings. The summed E-state index contributed by atoms with van der Waals surface area (Å²) >= 11 is 1.62. The van der Waals surface area contributed by atoms with Crippen molar-refractivity contribution in [1.29, 1.82) is 0 Å². The molecule has 5 heteroatoms. The van der Waals surface area contributed by atoms with Crippen LogP contribution in [-0.2, 0) is 11.3 Å². The molecule has 0 bridgehead atoms. The number of carbonyl (C=O) groups is 1. The first kappa shape index (κ1) is 15.4. The Morgan fingerprint density at radius 3 is 2.95 bits per heavy atom. The maximum atomic E-state index is 11.1. The second kappa shape index (κ2) is 7.69. The Morgan fingerprint density at radius 2 is 2.19 bits per heavy atom. The van der Waals surface area contributed by atoms with Gasteiger partial charge in [0, 0.05) is 23.6 Å². The molecule has 1 aromatic carbocycles. The molecular weight excluding hydrogens is 284 g/mol. The predicted octanol–water partition coefficient (Wildman–Crippen LogP) is 4.11. The van der Waals surface area contributed by atoms with Crippen LogP contribution in [0.3, 0.4) is 0 Å². The predicted molar refractivity (Wildman–Crippen MR) is 88.2 cm³/mol. The van der Waals surface area contributed by atoms with Crippen molar-refractivity contribution in [1.82, 2.24) is 0 Å². The van der Waals surface area contributed by atoms with Gasteiger partial charge in [0.25, 0.3) is 0 Å². The van der Waals surface area contributed by atoms with Crippen LogP contribution in [0.2, 0.25) is 0 Å². The zero-order chi connectivity index (χ0) is 15.1. The third kappa shape index (κ3) is 4.79. The molecule has 0 saturated heterocycles. The standard InChI is InChI=1S/C16H20N2O2S/c1-3-8-20-14-6-4-5-13(10-14)17-11-16-15(7-9-21-16)18-12(2)19/h4-7,9-10,17H,3,8,11H2,1-2H3,(H,18,19). The zero-order valence-corrected chi connectivity index (χ0v) is 13.1. The fraction of sp³-hybridized carbons (Fsp3) is 0.312. The molecule has 0 radical (unpaired) electrons. The highest BCUT2D eigenvalue weighted by molar-refractivity contribution is 7.10. The van der Waals surface area contributed by atoms with Gasteiger partial charge in [0.2, 0.25) is 5.91 Å². The van der Waals surface area contributed by atoms with Crippen LogP contribution in [0.25, 0.3) is 0 Å². The number of rotatable bonds is 7. The summed E-state index contributed by atoms with van der Waals surface area (Å²) < 4.78 is 5.61. The smallest absolute Gasteiger partial charge is 0.221 e. The van der Waals surface area contributed by atoms with E-state index in [-0.39, 0.29) is 5.91 Å². The van der Waals surface area contributed by atoms with E-state index in [0.29, 0.717) is 6.54 Å². The Kier molecular flexibility index (Phi) is 5.63. The molecule has 2 N–H and O–H groups in total. The number of nitrogens with one attached hydrogen (secondary N) is 2. The van der Waals surface area contributed by atoms with E-state index in [4.69, 9.17) is 4.74 Å². The van der Waals surface area contributed by atoms with Crippen molar-refractivity contribution in [3.63, 3.8) is 0 Å². The minimum Gasteiger partial charge on any atom is -0.494 e. The fourth-order valence-electron chi connectivity index (χ4n) is 1.88. The number of hydrogen-bond acceptors (Lipinski definition) is 4. The summed E-state index contributed by atoms with van der Waals surface area (Å²) in [5.74, 6) is 0.819. The molecule has 0 aliphatic heterocycles. The maximum Gasteiger partial charge on any atom is 0.221 e. The summed E-state index contributed by atoms with van der Waals surface area (Å²) in [7, 11) is 0. The molecular formula is C16H20N2O2S. The molecule has 2 rings (SSSR count). The van der Waals surface area contributed by atoms with Crippen LogP contribution in [0.4, 0.5) is 11.4 Å². The topological polar surface area (TPSA) is 50.4 Å². The van der Waals surface area contributed by atoms with Gasteiger partial charge in [-0.05, 0) is 30.0 Å². The largest absolute Gasteiger partial charge is 0.494 e. The van der Waals surface area contributed by atoms with Gasteiger partial charge in [0.15, 0.2) is 0 Å². The summed E-state index contributed by atoms with van der Waals surface area (Å²) in [5, 5.41) is 8.17. The van der Waals surface area contributed by atoms with Crippen LogP contribution in [0.5, 0.6) is 5.75 Å². The normalized spacial score (nSPS) is 10.2. The van der Waals surface area contributed by atoms with Crippen molar-refractivity contribution < 1.29 is 9.53 Å². The highest BCUT2D eigenvalue weighted by atomic mass is 32.1. The number of anilines is 2. The van der Waals surface area contributed by atoms with Crippen molar-refractivity contribution in [2.75, 3.05) is 17.2 Å². The quantitative estimate of drug-likeness (QED) is 0.809. The van der Waals surface area contributed by atoms with E-state index < -0.39 is 0 Å². The highest BCUT2D eigenvalue weighted by Crippen LogP contribution is 2.24. The van der Waals surface area contributed by atoms with E-state index in [9.17, 15) is 4.79 Å². The number of hydrogen-bond donors (Lipinski definition) is 2. The second-order valence-electron chi connectivity index (χ2n) is 4.67. The van der Waals surface area contributed by atoms with Crippen molar-refractivity contribution in [3.8, 4) is 5.75 Å². The molecule has 0 saturated carbocycles. The lowest BCUT2D eigenvalue weighted by Crippen LogP contribution is -2.08. The summed E-state index contributed by atoms with van der Waals surface area (Å²) in [6.07, 6.45) is 0.993. The summed E-state index contributed by atoms with van der Waals surface area (Å²) in [5.41, 5.74) is 1.88. The first-order chi connectivity index (χ1) is 10.2. The number of benzene rings is 1. The Balaban J connectivity index is 1.96. The van der Waals surface area contributed by atoms with Gasteiger partial charge < -0.3 is 15.4 Å². The van der Waals surface area contributed by atoms with Crippen molar-refractivity contribution in [2.45, 2.75) is 26.8 Å². The van der Waals surface area contributed by atoms with Crippen LogP contribution in [0, 0.1) is 0 Å². The molecule has 21 heavy (non-hydrogen) atoms. The third-order valence-corrected chi connectivity index (χ3v) is 3.74. The van der Waals surface area contributed by atoms with Gasteiger partial charge in [-0.3, -0.25) is 4.79 Å². The fourth-order valence-corrected chi connectivity index (χ4v) is 2.65. The van der Waals surface area contributed by atoms with Crippen molar-refractivity contribution in [3.05, 3.63) is 40.6 Å². The summed E-state index contributed by atoms with van der Waals surface area (Å²) in [4.78, 5) is 12.2. The van der Waals surface area contributed by atoms with Gasteiger partial charge in [0.05, 0.1) is 18.8 Å². The molecule has 1 aromatic heterocycles. The average molecular weight is 304 g/mol. The van der Waals surface area contributed by atoms with Crippen LogP contribution in [-0.4, -0.2) is 12.5 Å². The molecule has 0 unspecified atom stereocenters. The maximum absolute atomic E-state index is 11.1. The van der Waals surface area contributed by atoms with Gasteiger partial charge in [-0.2, -0.15) is 0 Å². The number of ether oxygens (including phenoxy) is 1. The Hall–Kier alpha value is -2.01. The van der Waals surface area contributed by atoms with E-state index in [1.165, 1.54) is 6.92 Å². The molecule has 0 spiro atoms. The lowest BCUT2D eigenvalue weighted by Gasteiger charge is -2.10. The molecule has 0 aliphatic carbocycles. The SMILES string of the molecule is CCCOc1cccc(NCc2sccc2NC(C)=O)c1. The highest BCUT2D eigenvalue weighted by Gasteiger charge is 2.05. The van der Waals surface area contributed by atoms with E-state index in [1.54, 1.807) is 11.3 Å². The molecule has 0 aliphatic rings. The minimum absolute atomic E-state index is 0.0513. The second-order valence-corrected chi connectivity index (χ2v) is 5.67. The van der Waals surface area contributed by atoms with E-state index in [1.807, 2.05) is 35.7 Å². The first-order valence-corrected chi connectivity index (χ1v) is 7.87. The monoisotopic (exact) mass is 304 g/mol. The van der Waals surface area contributed by atoms with Gasteiger partial charge in [-0.1, -0.05) is 13.0 Å². The van der Waals surface area contributed by atoms with E-state index in [0.717, 1.165) is 35.0 Å². The Morgan fingerprint density at radius 1 is 1.33 bits per heavy atom. The van der Waals surface area contributed by atoms with Crippen LogP contribution in [0.15, 0.2) is 35.7 Å². The Bertz CT molecular complexity index is 595. The number of thiophene rings is 1. The summed E-state index contributed by atoms with van der Waals surface area (Å²) in [6, 6.07) is 9.83. The molecule has 0 atom stereocenters. The number of carbonyl (C=O) groups excluding carboxylic acids is 1.